The lowest BCUT2D eigenvalue weighted by Gasteiger charge is -2.11. The molecule has 1 aromatic heterocycles. The van der Waals surface area contributed by atoms with E-state index in [0.717, 1.165) is 16.8 Å². The fourth-order valence-corrected chi connectivity index (χ4v) is 3.57. The van der Waals surface area contributed by atoms with Crippen molar-refractivity contribution in [1.82, 2.24) is 9.55 Å². The maximum atomic E-state index is 13.0. The third kappa shape index (κ3) is 2.92. The van der Waals surface area contributed by atoms with Gasteiger partial charge in [-0.05, 0) is 43.7 Å². The number of aromatic nitrogens is 2. The summed E-state index contributed by atoms with van der Waals surface area (Å²) in [5, 5.41) is 9.75. The summed E-state index contributed by atoms with van der Waals surface area (Å²) in [6.07, 6.45) is 2.12. The molecule has 142 valence electrons. The van der Waals surface area contributed by atoms with Crippen LogP contribution in [0, 0.1) is 6.92 Å². The van der Waals surface area contributed by atoms with E-state index in [0.29, 0.717) is 35.3 Å². The first kappa shape index (κ1) is 18.1. The lowest BCUT2D eigenvalue weighted by Crippen LogP contribution is -2.25. The maximum absolute atomic E-state index is 13.0. The van der Waals surface area contributed by atoms with E-state index in [1.807, 2.05) is 31.2 Å². The van der Waals surface area contributed by atoms with Crippen molar-refractivity contribution in [2.45, 2.75) is 19.9 Å². The van der Waals surface area contributed by atoms with E-state index in [-0.39, 0.29) is 18.1 Å². The van der Waals surface area contributed by atoms with E-state index in [1.54, 1.807) is 36.2 Å². The van der Waals surface area contributed by atoms with Crippen molar-refractivity contribution in [3.05, 3.63) is 69.8 Å². The Hall–Kier alpha value is -3.25. The first-order chi connectivity index (χ1) is 13.5. The van der Waals surface area contributed by atoms with Crippen LogP contribution in [0.1, 0.15) is 23.4 Å². The number of aliphatic hydroxyl groups excluding tert-OH is 1. The predicted molar refractivity (Wildman–Crippen MR) is 110 cm³/mol. The zero-order valence-electron chi connectivity index (χ0n) is 15.8. The van der Waals surface area contributed by atoms with Crippen LogP contribution in [-0.2, 0) is 11.3 Å². The molecule has 6 nitrogen and oxygen atoms in total. The van der Waals surface area contributed by atoms with Gasteiger partial charge in [-0.1, -0.05) is 23.8 Å². The van der Waals surface area contributed by atoms with Crippen LogP contribution >= 0.6 is 0 Å². The van der Waals surface area contributed by atoms with E-state index in [9.17, 15) is 14.7 Å². The molecule has 0 unspecified atom stereocenters. The Bertz CT molecular complexity index is 1180. The van der Waals surface area contributed by atoms with Crippen molar-refractivity contribution in [2.24, 2.45) is 0 Å². The molecular formula is C22H21N3O3. The molecule has 2 heterocycles. The molecule has 1 aliphatic heterocycles. The van der Waals surface area contributed by atoms with Gasteiger partial charge in [0.05, 0.1) is 22.2 Å². The molecule has 1 aliphatic rings. The molecule has 0 fully saturated rings. The zero-order valence-corrected chi connectivity index (χ0v) is 15.8. The van der Waals surface area contributed by atoms with Crippen LogP contribution in [0.5, 0.6) is 0 Å². The number of hydrogen-bond acceptors (Lipinski definition) is 4. The fourth-order valence-electron chi connectivity index (χ4n) is 3.57. The van der Waals surface area contributed by atoms with E-state index in [1.165, 1.54) is 4.57 Å². The molecule has 0 aliphatic carbocycles. The summed E-state index contributed by atoms with van der Waals surface area (Å²) < 4.78 is 1.53. The van der Waals surface area contributed by atoms with Crippen LogP contribution in [-0.4, -0.2) is 34.2 Å². The van der Waals surface area contributed by atoms with Gasteiger partial charge in [0.15, 0.2) is 0 Å². The van der Waals surface area contributed by atoms with Gasteiger partial charge in [0.1, 0.15) is 5.82 Å². The summed E-state index contributed by atoms with van der Waals surface area (Å²) in [5.41, 5.74) is 3.66. The van der Waals surface area contributed by atoms with Crippen molar-refractivity contribution in [3.63, 3.8) is 0 Å². The zero-order chi connectivity index (χ0) is 19.8. The number of nitrogens with zero attached hydrogens (tertiary/aromatic N) is 3. The largest absolute Gasteiger partial charge is 0.396 e. The first-order valence-corrected chi connectivity index (χ1v) is 9.22. The molecule has 0 saturated carbocycles. The van der Waals surface area contributed by atoms with Gasteiger partial charge in [-0.2, -0.15) is 0 Å². The topological polar surface area (TPSA) is 75.4 Å². The molecule has 28 heavy (non-hydrogen) atoms. The molecule has 1 amide bonds. The van der Waals surface area contributed by atoms with Crippen LogP contribution in [0.25, 0.3) is 22.6 Å². The highest BCUT2D eigenvalue weighted by Gasteiger charge is 2.30. The van der Waals surface area contributed by atoms with Gasteiger partial charge < -0.3 is 10.0 Å². The second kappa shape index (κ2) is 7.05. The molecule has 1 N–H and O–H groups in total. The van der Waals surface area contributed by atoms with E-state index < -0.39 is 0 Å². The molecule has 4 rings (SSSR count). The monoisotopic (exact) mass is 375 g/mol. The maximum Gasteiger partial charge on any atom is 0.261 e. The van der Waals surface area contributed by atoms with Crippen LogP contribution in [0.15, 0.2) is 47.3 Å². The average Bonchev–Trinajstić information content (AvgIpc) is 2.92. The highest BCUT2D eigenvalue weighted by atomic mass is 16.3. The van der Waals surface area contributed by atoms with Gasteiger partial charge >= 0.3 is 0 Å². The molecule has 0 saturated heterocycles. The summed E-state index contributed by atoms with van der Waals surface area (Å²) >= 11 is 0. The van der Waals surface area contributed by atoms with Crippen molar-refractivity contribution in [1.29, 1.82) is 0 Å². The number of carbonyl (C=O) groups excluding carboxylic acids is 1. The third-order valence-corrected chi connectivity index (χ3v) is 5.04. The molecule has 3 aromatic rings. The standard InChI is InChI=1S/C22H21N3O3/c1-14-8-9-19-16(12-14)17(21(27)24(19)2)13-20-23-18-7-4-3-6-15(18)22(28)25(20)10-5-11-26/h3-4,6-9,12-13,26H,5,10-11H2,1-2H3. The van der Waals surface area contributed by atoms with Crippen molar-refractivity contribution in [2.75, 3.05) is 18.6 Å². The van der Waals surface area contributed by atoms with E-state index >= 15 is 0 Å². The fraction of sp³-hybridized carbons (Fsp3) is 0.227. The summed E-state index contributed by atoms with van der Waals surface area (Å²) in [5.74, 6) is 0.292. The number of aryl methyl sites for hydroxylation is 1. The molecule has 2 aromatic carbocycles. The number of hydrogen-bond donors (Lipinski definition) is 1. The van der Waals surface area contributed by atoms with Gasteiger partial charge in [0.2, 0.25) is 0 Å². The normalized spacial score (nSPS) is 14.9. The Kier molecular flexibility index (Phi) is 4.57. The Balaban J connectivity index is 1.96. The molecule has 6 heteroatoms. The minimum atomic E-state index is -0.172. The molecule has 0 bridgehead atoms. The minimum absolute atomic E-state index is 0.0288. The summed E-state index contributed by atoms with van der Waals surface area (Å²) in [6, 6.07) is 13.0. The predicted octanol–water partition coefficient (Wildman–Crippen LogP) is 2.60. The lowest BCUT2D eigenvalue weighted by atomic mass is 10.0. The number of amides is 1. The Morgan fingerprint density at radius 2 is 1.93 bits per heavy atom. The Labute approximate surface area is 162 Å². The first-order valence-electron chi connectivity index (χ1n) is 9.22. The second-order valence-electron chi connectivity index (χ2n) is 6.96. The van der Waals surface area contributed by atoms with Gasteiger partial charge in [-0.15, -0.1) is 0 Å². The number of aliphatic hydroxyl groups is 1. The smallest absolute Gasteiger partial charge is 0.261 e. The number of benzene rings is 2. The van der Waals surface area contributed by atoms with Crippen LogP contribution in [0.4, 0.5) is 5.69 Å². The summed E-state index contributed by atoms with van der Waals surface area (Å²) in [6.45, 7) is 2.28. The molecule has 0 atom stereocenters. The number of likely N-dealkylation sites (N-methyl/N-ethyl adjacent to an activating group) is 1. The summed E-state index contributed by atoms with van der Waals surface area (Å²) in [7, 11) is 1.74. The molecular weight excluding hydrogens is 354 g/mol. The van der Waals surface area contributed by atoms with Gasteiger partial charge in [-0.25, -0.2) is 4.98 Å². The van der Waals surface area contributed by atoms with Crippen molar-refractivity contribution in [3.8, 4) is 0 Å². The van der Waals surface area contributed by atoms with Gasteiger partial charge in [-0.3, -0.25) is 14.2 Å². The Morgan fingerprint density at radius 3 is 2.71 bits per heavy atom. The van der Waals surface area contributed by atoms with E-state index in [4.69, 9.17) is 0 Å². The SMILES string of the molecule is Cc1ccc2c(c1)C(=Cc1nc3ccccc3c(=O)n1CCCO)C(=O)N2C. The average molecular weight is 375 g/mol. The number of para-hydroxylation sites is 1. The second-order valence-corrected chi connectivity index (χ2v) is 6.96. The van der Waals surface area contributed by atoms with E-state index in [2.05, 4.69) is 4.98 Å². The Morgan fingerprint density at radius 1 is 1.14 bits per heavy atom. The number of rotatable bonds is 4. The highest BCUT2D eigenvalue weighted by Crippen LogP contribution is 2.37. The lowest BCUT2D eigenvalue weighted by molar-refractivity contribution is -0.112. The third-order valence-electron chi connectivity index (χ3n) is 5.04. The number of carbonyl (C=O) groups is 1. The highest BCUT2D eigenvalue weighted by molar-refractivity contribution is 6.35. The van der Waals surface area contributed by atoms with Crippen LogP contribution < -0.4 is 10.5 Å². The summed E-state index contributed by atoms with van der Waals surface area (Å²) in [4.78, 5) is 32.1. The quantitative estimate of drug-likeness (QED) is 0.712. The van der Waals surface area contributed by atoms with Crippen molar-refractivity contribution >= 4 is 34.1 Å². The van der Waals surface area contributed by atoms with Gasteiger partial charge in [0.25, 0.3) is 11.5 Å². The van der Waals surface area contributed by atoms with Crippen LogP contribution in [0.3, 0.4) is 0 Å². The van der Waals surface area contributed by atoms with Gasteiger partial charge in [0, 0.05) is 25.8 Å². The van der Waals surface area contributed by atoms with Crippen molar-refractivity contribution < 1.29 is 9.90 Å². The van der Waals surface area contributed by atoms with Crippen LogP contribution in [0.2, 0.25) is 0 Å². The number of fused-ring (bicyclic) bond motifs is 2. The molecule has 0 radical (unpaired) electrons. The molecule has 0 spiro atoms. The minimum Gasteiger partial charge on any atom is -0.396 e. The number of anilines is 1.